The number of hydrogen-bond donors (Lipinski definition) is 0. The fourth-order valence-electron chi connectivity index (χ4n) is 9.04. The molecular formula is C31H42O6S. The molecule has 0 aromatic heterocycles. The summed E-state index contributed by atoms with van der Waals surface area (Å²) in [6.45, 7) is 8.03. The highest BCUT2D eigenvalue weighted by atomic mass is 32.2. The molecule has 1 aromatic rings. The minimum atomic E-state index is -3.77. The Bertz CT molecular complexity index is 1210. The molecular weight excluding hydrogens is 500 g/mol. The maximum Gasteiger partial charge on any atom is 0.296 e. The zero-order chi connectivity index (χ0) is 26.8. The maximum absolute atomic E-state index is 12.9. The van der Waals surface area contributed by atoms with Gasteiger partial charge in [-0.1, -0.05) is 43.2 Å². The number of hydrogen-bond acceptors (Lipinski definition) is 6. The average molecular weight is 543 g/mol. The second kappa shape index (κ2) is 9.53. The Morgan fingerprint density at radius 1 is 1.05 bits per heavy atom. The van der Waals surface area contributed by atoms with E-state index in [4.69, 9.17) is 13.7 Å². The number of ether oxygens (including phenoxy) is 2. The van der Waals surface area contributed by atoms with Gasteiger partial charge in [0.1, 0.15) is 5.78 Å². The van der Waals surface area contributed by atoms with Crippen LogP contribution in [0.25, 0.3) is 0 Å². The Morgan fingerprint density at radius 3 is 2.53 bits per heavy atom. The molecule has 0 amide bonds. The molecule has 38 heavy (non-hydrogen) atoms. The maximum atomic E-state index is 12.9. The summed E-state index contributed by atoms with van der Waals surface area (Å²) < 4.78 is 43.4. The largest absolute Gasteiger partial charge is 0.347 e. The number of benzene rings is 1. The van der Waals surface area contributed by atoms with Gasteiger partial charge in [0, 0.05) is 24.7 Å². The summed E-state index contributed by atoms with van der Waals surface area (Å²) in [5.74, 6) is 1.77. The van der Waals surface area contributed by atoms with Crippen LogP contribution in [0.5, 0.6) is 0 Å². The minimum absolute atomic E-state index is 0.00623. The first-order valence-corrected chi connectivity index (χ1v) is 16.0. The van der Waals surface area contributed by atoms with Gasteiger partial charge in [-0.05, 0) is 86.7 Å². The number of aryl methyl sites for hydroxylation is 1. The molecule has 1 aromatic carbocycles. The summed E-state index contributed by atoms with van der Waals surface area (Å²) in [6.07, 6.45) is 10.5. The standard InChI is InChI=1S/C31H42O6S/c1-21-6-9-24(10-7-21)38(33,34)37-16-4-5-22-19-31(35-17-18-36-31)20-23-8-11-25-26-12-13-28(32)29(26,2)15-14-27(25)30(22,23)3/h6-10,22,25-27H,4-5,11-20H2,1-3H3/t22?,25-,26-,27-,29-,30-/m0/s1. The fraction of sp³-hybridized carbons (Fsp3) is 0.710. The van der Waals surface area contributed by atoms with Crippen LogP contribution >= 0.6 is 0 Å². The zero-order valence-electron chi connectivity index (χ0n) is 23.0. The summed E-state index contributed by atoms with van der Waals surface area (Å²) in [5, 5.41) is 0. The highest BCUT2D eigenvalue weighted by Crippen LogP contribution is 2.67. The van der Waals surface area contributed by atoms with E-state index in [0.717, 1.165) is 56.9 Å². The van der Waals surface area contributed by atoms with Gasteiger partial charge in [-0.3, -0.25) is 8.98 Å². The van der Waals surface area contributed by atoms with Gasteiger partial charge in [0.25, 0.3) is 10.1 Å². The van der Waals surface area contributed by atoms with E-state index in [9.17, 15) is 13.2 Å². The van der Waals surface area contributed by atoms with Crippen molar-refractivity contribution < 1.29 is 26.9 Å². The van der Waals surface area contributed by atoms with Gasteiger partial charge >= 0.3 is 0 Å². The summed E-state index contributed by atoms with van der Waals surface area (Å²) in [5.41, 5.74) is 2.33. The molecule has 1 heterocycles. The molecule has 3 saturated carbocycles. The van der Waals surface area contributed by atoms with Crippen LogP contribution in [-0.2, 0) is 28.6 Å². The molecule has 4 aliphatic carbocycles. The minimum Gasteiger partial charge on any atom is -0.347 e. The second-order valence-electron chi connectivity index (χ2n) is 13.0. The van der Waals surface area contributed by atoms with Crippen molar-refractivity contribution in [3.05, 3.63) is 41.5 Å². The Hall–Kier alpha value is -1.54. The SMILES string of the molecule is Cc1ccc(S(=O)(=O)OCCCC2CC3(CC4=CC[C@H]5[C@@H]6CCC(=O)[C@@]6(C)CC[C@@H]5[C@]42C)OCCO3)cc1. The molecule has 208 valence electrons. The van der Waals surface area contributed by atoms with Gasteiger partial charge in [-0.25, -0.2) is 0 Å². The average Bonchev–Trinajstić information content (AvgIpc) is 3.46. The molecule has 5 aliphatic rings. The van der Waals surface area contributed by atoms with Gasteiger partial charge in [0.15, 0.2) is 5.79 Å². The summed E-state index contributed by atoms with van der Waals surface area (Å²) in [6, 6.07) is 6.80. The number of fused-ring (bicyclic) bond motifs is 5. The van der Waals surface area contributed by atoms with Gasteiger partial charge < -0.3 is 9.47 Å². The molecule has 6 nitrogen and oxygen atoms in total. The van der Waals surface area contributed by atoms with Crippen LogP contribution in [0.4, 0.5) is 0 Å². The van der Waals surface area contributed by atoms with Crippen molar-refractivity contribution in [2.75, 3.05) is 19.8 Å². The first kappa shape index (κ1) is 26.7. The predicted octanol–water partition coefficient (Wildman–Crippen LogP) is 5.98. The number of rotatable bonds is 6. The summed E-state index contributed by atoms with van der Waals surface area (Å²) in [4.78, 5) is 13.1. The van der Waals surface area contributed by atoms with Crippen molar-refractivity contribution in [1.82, 2.24) is 0 Å². The van der Waals surface area contributed by atoms with Crippen molar-refractivity contribution in [3.8, 4) is 0 Å². The van der Waals surface area contributed by atoms with E-state index in [-0.39, 0.29) is 22.3 Å². The molecule has 1 saturated heterocycles. The molecule has 1 aliphatic heterocycles. The van der Waals surface area contributed by atoms with E-state index >= 15 is 0 Å². The number of allylic oxidation sites excluding steroid dienone is 1. The van der Waals surface area contributed by atoms with Gasteiger partial charge in [-0.2, -0.15) is 8.42 Å². The lowest BCUT2D eigenvalue weighted by Crippen LogP contribution is -2.56. The number of Topliss-reactive ketones (excluding diaryl/α,β-unsaturated/α-hetero) is 1. The first-order valence-electron chi connectivity index (χ1n) is 14.5. The van der Waals surface area contributed by atoms with Crippen LogP contribution in [0, 0.1) is 41.4 Å². The van der Waals surface area contributed by atoms with Gasteiger partial charge in [-0.15, -0.1) is 0 Å². The topological polar surface area (TPSA) is 78.9 Å². The molecule has 1 spiro atoms. The van der Waals surface area contributed by atoms with Gasteiger partial charge in [0.05, 0.1) is 24.7 Å². The van der Waals surface area contributed by atoms with E-state index in [1.54, 1.807) is 24.3 Å². The van der Waals surface area contributed by atoms with Crippen molar-refractivity contribution in [1.29, 1.82) is 0 Å². The Balaban J connectivity index is 1.22. The third kappa shape index (κ3) is 4.23. The van der Waals surface area contributed by atoms with Gasteiger partial charge in [0.2, 0.25) is 0 Å². The number of ketones is 1. The quantitative estimate of drug-likeness (QED) is 0.250. The molecule has 0 bridgehead atoms. The third-order valence-electron chi connectivity index (χ3n) is 11.2. The smallest absolute Gasteiger partial charge is 0.296 e. The third-order valence-corrected chi connectivity index (χ3v) is 12.5. The van der Waals surface area contributed by atoms with Crippen molar-refractivity contribution in [3.63, 3.8) is 0 Å². The van der Waals surface area contributed by atoms with Crippen molar-refractivity contribution >= 4 is 15.9 Å². The Labute approximate surface area is 227 Å². The van der Waals surface area contributed by atoms with E-state index in [1.165, 1.54) is 5.57 Å². The van der Waals surface area contributed by atoms with Crippen molar-refractivity contribution in [2.45, 2.75) is 89.2 Å². The normalized spacial score (nSPS) is 38.0. The lowest BCUT2D eigenvalue weighted by molar-refractivity contribution is -0.202. The Kier molecular flexibility index (Phi) is 6.69. The summed E-state index contributed by atoms with van der Waals surface area (Å²) in [7, 11) is -3.77. The van der Waals surface area contributed by atoms with Crippen LogP contribution in [0.15, 0.2) is 40.8 Å². The van der Waals surface area contributed by atoms with Crippen LogP contribution in [-0.4, -0.2) is 39.8 Å². The van der Waals surface area contributed by atoms with E-state index in [1.807, 2.05) is 6.92 Å². The van der Waals surface area contributed by atoms with Crippen LogP contribution in [0.1, 0.15) is 77.2 Å². The van der Waals surface area contributed by atoms with Crippen molar-refractivity contribution in [2.24, 2.45) is 34.5 Å². The van der Waals surface area contributed by atoms with E-state index < -0.39 is 15.9 Å². The lowest BCUT2D eigenvalue weighted by Gasteiger charge is -2.61. The van der Waals surface area contributed by atoms with E-state index in [2.05, 4.69) is 19.9 Å². The highest BCUT2D eigenvalue weighted by Gasteiger charge is 2.62. The number of carbonyl (C=O) groups excluding carboxylic acids is 1. The highest BCUT2D eigenvalue weighted by molar-refractivity contribution is 7.86. The Morgan fingerprint density at radius 2 is 1.79 bits per heavy atom. The number of carbonyl (C=O) groups is 1. The van der Waals surface area contributed by atoms with Crippen LogP contribution in [0.3, 0.4) is 0 Å². The van der Waals surface area contributed by atoms with Crippen LogP contribution in [0.2, 0.25) is 0 Å². The van der Waals surface area contributed by atoms with Crippen LogP contribution < -0.4 is 0 Å². The second-order valence-corrected chi connectivity index (χ2v) is 14.6. The monoisotopic (exact) mass is 542 g/mol. The molecule has 0 N–H and O–H groups in total. The zero-order valence-corrected chi connectivity index (χ0v) is 23.9. The predicted molar refractivity (Wildman–Crippen MR) is 144 cm³/mol. The summed E-state index contributed by atoms with van der Waals surface area (Å²) >= 11 is 0. The first-order chi connectivity index (χ1) is 18.1. The fourth-order valence-corrected chi connectivity index (χ4v) is 9.98. The molecule has 1 unspecified atom stereocenters. The molecule has 4 fully saturated rings. The molecule has 0 radical (unpaired) electrons. The lowest BCUT2D eigenvalue weighted by atomic mass is 9.45. The molecule has 6 atom stereocenters. The van der Waals surface area contributed by atoms with E-state index in [0.29, 0.717) is 49.1 Å². The molecule has 6 rings (SSSR count). The molecule has 7 heteroatoms.